The normalized spacial score (nSPS) is 10.9. The Labute approximate surface area is 136 Å². The first-order chi connectivity index (χ1) is 10.7. The highest BCUT2D eigenvalue weighted by molar-refractivity contribution is 5.95. The molecule has 0 aliphatic rings. The van der Waals surface area contributed by atoms with E-state index in [-0.39, 0.29) is 24.7 Å². The summed E-state index contributed by atoms with van der Waals surface area (Å²) in [5.41, 5.74) is 0.492. The summed E-state index contributed by atoms with van der Waals surface area (Å²) in [6, 6.07) is 6.60. The molecule has 0 fully saturated rings. The average molecular weight is 320 g/mol. The van der Waals surface area contributed by atoms with Gasteiger partial charge in [0.1, 0.15) is 0 Å². The van der Waals surface area contributed by atoms with Gasteiger partial charge in [0.05, 0.1) is 6.42 Å². The molecule has 0 saturated heterocycles. The summed E-state index contributed by atoms with van der Waals surface area (Å²) in [4.78, 5) is 34.5. The fourth-order valence-corrected chi connectivity index (χ4v) is 2.16. The van der Waals surface area contributed by atoms with Gasteiger partial charge in [0.25, 0.3) is 5.91 Å². The molecule has 0 aliphatic carbocycles. The van der Waals surface area contributed by atoms with E-state index in [1.165, 1.54) is 0 Å². The summed E-state index contributed by atoms with van der Waals surface area (Å²) in [6.45, 7) is 6.07. The molecule has 0 aliphatic heterocycles. The van der Waals surface area contributed by atoms with Gasteiger partial charge in [-0.15, -0.1) is 0 Å². The Balaban J connectivity index is 2.59. The third kappa shape index (κ3) is 6.95. The molecule has 0 radical (unpaired) electrons. The molecule has 1 rings (SSSR count). The first-order valence-electron chi connectivity index (χ1n) is 7.63. The molecule has 0 heterocycles. The predicted molar refractivity (Wildman–Crippen MR) is 88.3 cm³/mol. The van der Waals surface area contributed by atoms with Crippen LogP contribution in [0.25, 0.3) is 0 Å². The SMILES string of the molecule is CCCNC(=O)c1ccc(NC(=O)CC(C)(C)CC(=O)O)cc1. The van der Waals surface area contributed by atoms with Crippen molar-refractivity contribution in [3.63, 3.8) is 0 Å². The van der Waals surface area contributed by atoms with E-state index in [4.69, 9.17) is 5.11 Å². The number of hydrogen-bond acceptors (Lipinski definition) is 3. The summed E-state index contributed by atoms with van der Waals surface area (Å²) < 4.78 is 0. The van der Waals surface area contributed by atoms with Gasteiger partial charge < -0.3 is 15.7 Å². The molecule has 1 aromatic carbocycles. The number of hydrogen-bond donors (Lipinski definition) is 3. The van der Waals surface area contributed by atoms with Gasteiger partial charge in [0.15, 0.2) is 0 Å². The molecule has 3 N–H and O–H groups in total. The fourth-order valence-electron chi connectivity index (χ4n) is 2.16. The monoisotopic (exact) mass is 320 g/mol. The van der Waals surface area contributed by atoms with Crippen LogP contribution in [-0.2, 0) is 9.59 Å². The van der Waals surface area contributed by atoms with Crippen LogP contribution in [0.3, 0.4) is 0 Å². The first kappa shape index (κ1) is 18.7. The maximum absolute atomic E-state index is 12.0. The molecule has 0 saturated carbocycles. The van der Waals surface area contributed by atoms with Gasteiger partial charge in [-0.3, -0.25) is 14.4 Å². The number of amides is 2. The highest BCUT2D eigenvalue weighted by atomic mass is 16.4. The third-order valence-electron chi connectivity index (χ3n) is 3.24. The minimum Gasteiger partial charge on any atom is -0.481 e. The molecule has 23 heavy (non-hydrogen) atoms. The largest absolute Gasteiger partial charge is 0.481 e. The van der Waals surface area contributed by atoms with Crippen LogP contribution in [0, 0.1) is 5.41 Å². The van der Waals surface area contributed by atoms with E-state index in [1.54, 1.807) is 38.1 Å². The number of carbonyl (C=O) groups is 3. The van der Waals surface area contributed by atoms with Gasteiger partial charge in [-0.05, 0) is 36.1 Å². The van der Waals surface area contributed by atoms with Crippen molar-refractivity contribution >= 4 is 23.5 Å². The van der Waals surface area contributed by atoms with E-state index in [0.717, 1.165) is 6.42 Å². The average Bonchev–Trinajstić information content (AvgIpc) is 2.43. The van der Waals surface area contributed by atoms with Gasteiger partial charge in [0, 0.05) is 24.2 Å². The Hall–Kier alpha value is -2.37. The first-order valence-corrected chi connectivity index (χ1v) is 7.63. The van der Waals surface area contributed by atoms with Crippen molar-refractivity contribution in [1.82, 2.24) is 5.32 Å². The highest BCUT2D eigenvalue weighted by Gasteiger charge is 2.25. The van der Waals surface area contributed by atoms with Crippen molar-refractivity contribution in [3.05, 3.63) is 29.8 Å². The highest BCUT2D eigenvalue weighted by Crippen LogP contribution is 2.25. The summed E-state index contributed by atoms with van der Waals surface area (Å²) in [5.74, 6) is -1.32. The van der Waals surface area contributed by atoms with Crippen molar-refractivity contribution in [1.29, 1.82) is 0 Å². The second-order valence-electron chi connectivity index (χ2n) is 6.29. The van der Waals surface area contributed by atoms with Crippen LogP contribution in [0.2, 0.25) is 0 Å². The molecule has 6 heteroatoms. The summed E-state index contributed by atoms with van der Waals surface area (Å²) in [5, 5.41) is 14.3. The van der Waals surface area contributed by atoms with E-state index in [0.29, 0.717) is 17.8 Å². The van der Waals surface area contributed by atoms with Crippen molar-refractivity contribution in [2.75, 3.05) is 11.9 Å². The Morgan fingerprint density at radius 2 is 1.70 bits per heavy atom. The molecule has 126 valence electrons. The van der Waals surface area contributed by atoms with Crippen molar-refractivity contribution in [3.8, 4) is 0 Å². The summed E-state index contributed by atoms with van der Waals surface area (Å²) >= 11 is 0. The lowest BCUT2D eigenvalue weighted by Crippen LogP contribution is -2.25. The number of rotatable bonds is 8. The lowest BCUT2D eigenvalue weighted by atomic mass is 9.85. The zero-order chi connectivity index (χ0) is 17.5. The molecule has 0 bridgehead atoms. The molecule has 6 nitrogen and oxygen atoms in total. The van der Waals surface area contributed by atoms with Crippen LogP contribution >= 0.6 is 0 Å². The number of benzene rings is 1. The van der Waals surface area contributed by atoms with Crippen LogP contribution in [-0.4, -0.2) is 29.4 Å². The second kappa shape index (κ2) is 8.31. The topological polar surface area (TPSA) is 95.5 Å². The van der Waals surface area contributed by atoms with Crippen LogP contribution < -0.4 is 10.6 Å². The molecule has 0 spiro atoms. The molecule has 0 unspecified atom stereocenters. The van der Waals surface area contributed by atoms with E-state index >= 15 is 0 Å². The zero-order valence-corrected chi connectivity index (χ0v) is 13.8. The van der Waals surface area contributed by atoms with Gasteiger partial charge in [0.2, 0.25) is 5.91 Å². The second-order valence-corrected chi connectivity index (χ2v) is 6.29. The zero-order valence-electron chi connectivity index (χ0n) is 13.8. The number of nitrogens with one attached hydrogen (secondary N) is 2. The van der Waals surface area contributed by atoms with Gasteiger partial charge in [-0.2, -0.15) is 0 Å². The Morgan fingerprint density at radius 3 is 2.22 bits per heavy atom. The molecule has 2 amide bonds. The smallest absolute Gasteiger partial charge is 0.303 e. The lowest BCUT2D eigenvalue weighted by Gasteiger charge is -2.21. The number of carbonyl (C=O) groups excluding carboxylic acids is 2. The molecular formula is C17H24N2O4. The van der Waals surface area contributed by atoms with Gasteiger partial charge in [-0.25, -0.2) is 0 Å². The fraction of sp³-hybridized carbons (Fsp3) is 0.471. The van der Waals surface area contributed by atoms with E-state index < -0.39 is 11.4 Å². The maximum Gasteiger partial charge on any atom is 0.303 e. The Morgan fingerprint density at radius 1 is 1.09 bits per heavy atom. The molecule has 0 atom stereocenters. The van der Waals surface area contributed by atoms with Crippen molar-refractivity contribution in [2.24, 2.45) is 5.41 Å². The Bertz CT molecular complexity index is 564. The number of anilines is 1. The van der Waals surface area contributed by atoms with E-state index in [1.807, 2.05) is 6.92 Å². The minimum absolute atomic E-state index is 0.0725. The quantitative estimate of drug-likeness (QED) is 0.686. The molecule has 1 aromatic rings. The standard InChI is InChI=1S/C17H24N2O4/c1-4-9-18-16(23)12-5-7-13(8-6-12)19-14(20)10-17(2,3)11-15(21)22/h5-8H,4,9-11H2,1-3H3,(H,18,23)(H,19,20)(H,21,22). The predicted octanol–water partition coefficient (Wildman–Crippen LogP) is 2.66. The molecular weight excluding hydrogens is 296 g/mol. The van der Waals surface area contributed by atoms with E-state index in [9.17, 15) is 14.4 Å². The van der Waals surface area contributed by atoms with Crippen LogP contribution in [0.4, 0.5) is 5.69 Å². The Kier molecular flexibility index (Phi) is 6.75. The van der Waals surface area contributed by atoms with E-state index in [2.05, 4.69) is 10.6 Å². The van der Waals surface area contributed by atoms with Crippen molar-refractivity contribution in [2.45, 2.75) is 40.0 Å². The van der Waals surface area contributed by atoms with Crippen LogP contribution in [0.15, 0.2) is 24.3 Å². The van der Waals surface area contributed by atoms with Crippen molar-refractivity contribution < 1.29 is 19.5 Å². The number of carboxylic acids is 1. The minimum atomic E-state index is -0.926. The summed E-state index contributed by atoms with van der Waals surface area (Å²) in [6.07, 6.45) is 0.904. The van der Waals surface area contributed by atoms with Crippen LogP contribution in [0.5, 0.6) is 0 Å². The number of carboxylic acid groups (broad SMARTS) is 1. The van der Waals surface area contributed by atoms with Gasteiger partial charge >= 0.3 is 5.97 Å². The number of aliphatic carboxylic acids is 1. The van der Waals surface area contributed by atoms with Gasteiger partial charge in [-0.1, -0.05) is 20.8 Å². The van der Waals surface area contributed by atoms with Crippen LogP contribution in [0.1, 0.15) is 50.4 Å². The maximum atomic E-state index is 12.0. The third-order valence-corrected chi connectivity index (χ3v) is 3.24. The molecule has 0 aromatic heterocycles. The lowest BCUT2D eigenvalue weighted by molar-refractivity contribution is -0.139. The summed E-state index contributed by atoms with van der Waals surface area (Å²) in [7, 11) is 0.